The zero-order valence-corrected chi connectivity index (χ0v) is 14.9. The van der Waals surface area contributed by atoms with Crippen LogP contribution in [-0.4, -0.2) is 62.7 Å². The molecule has 0 unspecified atom stereocenters. The summed E-state index contributed by atoms with van der Waals surface area (Å²) in [4.78, 5) is 39.2. The van der Waals surface area contributed by atoms with Crippen LogP contribution in [0.25, 0.3) is 0 Å². The van der Waals surface area contributed by atoms with E-state index in [1.165, 1.54) is 0 Å². The number of nitrogens with one attached hydrogen (secondary N) is 2. The van der Waals surface area contributed by atoms with Crippen LogP contribution in [0.1, 0.15) is 41.9 Å². The Morgan fingerprint density at radius 2 is 2.19 bits per heavy atom. The average Bonchev–Trinajstić information content (AvgIpc) is 3.36. The molecular weight excluding hydrogens is 330 g/mol. The van der Waals surface area contributed by atoms with Crippen LogP contribution < -0.4 is 0 Å². The van der Waals surface area contributed by atoms with Gasteiger partial charge in [-0.05, 0) is 31.4 Å². The van der Waals surface area contributed by atoms with Crippen molar-refractivity contribution >= 4 is 11.8 Å². The molecule has 7 nitrogen and oxygen atoms in total. The summed E-state index contributed by atoms with van der Waals surface area (Å²) in [5, 5.41) is 0. The minimum atomic E-state index is 0.0302. The molecule has 2 aliphatic heterocycles. The van der Waals surface area contributed by atoms with Crippen molar-refractivity contribution in [3.8, 4) is 0 Å². The number of rotatable bonds is 4. The van der Waals surface area contributed by atoms with Crippen LogP contribution >= 0.6 is 0 Å². The van der Waals surface area contributed by atoms with Crippen LogP contribution in [-0.2, 0) is 11.2 Å². The lowest BCUT2D eigenvalue weighted by molar-refractivity contribution is -0.138. The number of H-pyrrole nitrogens is 2. The van der Waals surface area contributed by atoms with Gasteiger partial charge in [0.15, 0.2) is 0 Å². The van der Waals surface area contributed by atoms with Gasteiger partial charge in [0.25, 0.3) is 5.91 Å². The van der Waals surface area contributed by atoms with Gasteiger partial charge in [-0.1, -0.05) is 0 Å². The van der Waals surface area contributed by atoms with Crippen molar-refractivity contribution in [3.05, 3.63) is 42.2 Å². The van der Waals surface area contributed by atoms with E-state index in [-0.39, 0.29) is 17.2 Å². The van der Waals surface area contributed by atoms with Gasteiger partial charge >= 0.3 is 0 Å². The third-order valence-corrected chi connectivity index (χ3v) is 5.73. The largest absolute Gasteiger partial charge is 0.357 e. The highest BCUT2D eigenvalue weighted by Gasteiger charge is 2.42. The van der Waals surface area contributed by atoms with Crippen LogP contribution in [0.15, 0.2) is 30.9 Å². The van der Waals surface area contributed by atoms with Gasteiger partial charge in [-0.2, -0.15) is 0 Å². The molecule has 0 bridgehead atoms. The molecule has 1 atom stereocenters. The molecule has 2 aromatic heterocycles. The summed E-state index contributed by atoms with van der Waals surface area (Å²) in [5.41, 5.74) is 1.72. The summed E-state index contributed by atoms with van der Waals surface area (Å²) in [7, 11) is 0. The number of amides is 2. The molecular formula is C19H25N5O2. The fourth-order valence-corrected chi connectivity index (χ4v) is 4.33. The normalized spacial score (nSPS) is 23.6. The first-order valence-electron chi connectivity index (χ1n) is 9.33. The van der Waals surface area contributed by atoms with E-state index in [0.29, 0.717) is 18.7 Å². The molecule has 2 N–H and O–H groups in total. The average molecular weight is 355 g/mol. The molecule has 138 valence electrons. The SMILES string of the molecule is O=C1CC[C@]2(CCCN(C(=O)c3ccc[nH]3)C2)CN1CCc1cnc[nH]1. The third kappa shape index (κ3) is 3.38. The Kier molecular flexibility index (Phi) is 4.53. The number of hydrogen-bond acceptors (Lipinski definition) is 3. The van der Waals surface area contributed by atoms with Crippen molar-refractivity contribution in [3.63, 3.8) is 0 Å². The summed E-state index contributed by atoms with van der Waals surface area (Å²) in [6.07, 6.45) is 9.57. The van der Waals surface area contributed by atoms with Crippen LogP contribution in [0.5, 0.6) is 0 Å². The second kappa shape index (κ2) is 6.97. The Bertz CT molecular complexity index is 755. The summed E-state index contributed by atoms with van der Waals surface area (Å²) in [6, 6.07) is 3.67. The first kappa shape index (κ1) is 16.9. The second-order valence-corrected chi connectivity index (χ2v) is 7.56. The zero-order chi connectivity index (χ0) is 18.0. The minimum Gasteiger partial charge on any atom is -0.357 e. The summed E-state index contributed by atoms with van der Waals surface area (Å²) in [5.74, 6) is 0.290. The van der Waals surface area contributed by atoms with E-state index in [9.17, 15) is 9.59 Å². The van der Waals surface area contributed by atoms with E-state index >= 15 is 0 Å². The van der Waals surface area contributed by atoms with E-state index < -0.39 is 0 Å². The van der Waals surface area contributed by atoms with Gasteiger partial charge in [-0.3, -0.25) is 9.59 Å². The fourth-order valence-electron chi connectivity index (χ4n) is 4.33. The molecule has 2 saturated heterocycles. The highest BCUT2D eigenvalue weighted by molar-refractivity contribution is 5.92. The number of carbonyl (C=O) groups excluding carboxylic acids is 2. The third-order valence-electron chi connectivity index (χ3n) is 5.73. The number of aromatic nitrogens is 3. The van der Waals surface area contributed by atoms with Crippen LogP contribution in [0.4, 0.5) is 0 Å². The lowest BCUT2D eigenvalue weighted by Gasteiger charge is -2.48. The highest BCUT2D eigenvalue weighted by Crippen LogP contribution is 2.39. The van der Waals surface area contributed by atoms with Crippen LogP contribution in [0.3, 0.4) is 0 Å². The van der Waals surface area contributed by atoms with Gasteiger partial charge in [-0.15, -0.1) is 0 Å². The van der Waals surface area contributed by atoms with Gasteiger partial charge in [0, 0.05) is 62.5 Å². The Morgan fingerprint density at radius 3 is 2.96 bits per heavy atom. The van der Waals surface area contributed by atoms with E-state index in [0.717, 1.165) is 51.0 Å². The molecule has 0 saturated carbocycles. The van der Waals surface area contributed by atoms with Crippen LogP contribution in [0.2, 0.25) is 0 Å². The minimum absolute atomic E-state index is 0.0302. The number of hydrogen-bond donors (Lipinski definition) is 2. The number of carbonyl (C=O) groups is 2. The summed E-state index contributed by atoms with van der Waals surface area (Å²) < 4.78 is 0. The van der Waals surface area contributed by atoms with Crippen molar-refractivity contribution < 1.29 is 9.59 Å². The second-order valence-electron chi connectivity index (χ2n) is 7.56. The topological polar surface area (TPSA) is 85.1 Å². The molecule has 4 heterocycles. The Morgan fingerprint density at radius 1 is 1.27 bits per heavy atom. The van der Waals surface area contributed by atoms with Gasteiger partial charge in [0.05, 0.1) is 6.33 Å². The molecule has 0 aromatic carbocycles. The number of likely N-dealkylation sites (tertiary alicyclic amines) is 2. The molecule has 1 spiro atoms. The van der Waals surface area contributed by atoms with Gasteiger partial charge in [0.1, 0.15) is 5.69 Å². The van der Waals surface area contributed by atoms with E-state index in [1.54, 1.807) is 12.5 Å². The standard InChI is InChI=1S/C19H25N5O2/c25-17-4-7-19(12-23(17)10-5-15-11-20-14-22-15)6-2-9-24(13-19)18(26)16-3-1-8-21-16/h1,3,8,11,14,21H,2,4-7,9-10,12-13H2,(H,20,22)/t19-/m1/s1. The lowest BCUT2D eigenvalue weighted by atomic mass is 9.73. The Hall–Kier alpha value is -2.57. The number of imidazole rings is 1. The molecule has 2 amide bonds. The predicted octanol–water partition coefficient (Wildman–Crippen LogP) is 1.83. The van der Waals surface area contributed by atoms with Crippen LogP contribution in [0, 0.1) is 5.41 Å². The first-order chi connectivity index (χ1) is 12.7. The highest BCUT2D eigenvalue weighted by atomic mass is 16.2. The number of nitrogens with zero attached hydrogens (tertiary/aromatic N) is 3. The summed E-state index contributed by atoms with van der Waals surface area (Å²) >= 11 is 0. The molecule has 4 rings (SSSR count). The summed E-state index contributed by atoms with van der Waals surface area (Å²) in [6.45, 7) is 2.97. The van der Waals surface area contributed by atoms with Gasteiger partial charge in [-0.25, -0.2) is 4.98 Å². The van der Waals surface area contributed by atoms with E-state index in [1.807, 2.05) is 28.1 Å². The maximum absolute atomic E-state index is 12.7. The Balaban J connectivity index is 1.43. The van der Waals surface area contributed by atoms with Gasteiger partial charge < -0.3 is 19.8 Å². The molecule has 26 heavy (non-hydrogen) atoms. The quantitative estimate of drug-likeness (QED) is 0.877. The lowest BCUT2D eigenvalue weighted by Crippen LogP contribution is -2.55. The first-order valence-corrected chi connectivity index (χ1v) is 9.33. The maximum Gasteiger partial charge on any atom is 0.270 e. The molecule has 7 heteroatoms. The maximum atomic E-state index is 12.7. The Labute approximate surface area is 152 Å². The molecule has 0 radical (unpaired) electrons. The van der Waals surface area contributed by atoms with Crippen molar-refractivity contribution in [1.29, 1.82) is 0 Å². The molecule has 2 aromatic rings. The van der Waals surface area contributed by atoms with Gasteiger partial charge in [0.2, 0.25) is 5.91 Å². The van der Waals surface area contributed by atoms with Crippen molar-refractivity contribution in [2.45, 2.75) is 32.1 Å². The number of piperidine rings is 2. The van der Waals surface area contributed by atoms with E-state index in [2.05, 4.69) is 15.0 Å². The number of aromatic amines is 2. The van der Waals surface area contributed by atoms with Crippen molar-refractivity contribution in [2.75, 3.05) is 26.2 Å². The molecule has 0 aliphatic carbocycles. The van der Waals surface area contributed by atoms with Crippen molar-refractivity contribution in [2.24, 2.45) is 5.41 Å². The molecule has 2 fully saturated rings. The van der Waals surface area contributed by atoms with Crippen molar-refractivity contribution in [1.82, 2.24) is 24.8 Å². The zero-order valence-electron chi connectivity index (χ0n) is 14.9. The van der Waals surface area contributed by atoms with E-state index in [4.69, 9.17) is 0 Å². The monoisotopic (exact) mass is 355 g/mol. The smallest absolute Gasteiger partial charge is 0.270 e. The predicted molar refractivity (Wildman–Crippen MR) is 96.5 cm³/mol. The fraction of sp³-hybridized carbons (Fsp3) is 0.526. The molecule has 2 aliphatic rings.